The van der Waals surface area contributed by atoms with Crippen LogP contribution in [0.25, 0.3) is 0 Å². The summed E-state index contributed by atoms with van der Waals surface area (Å²) >= 11 is 0. The summed E-state index contributed by atoms with van der Waals surface area (Å²) in [5.74, 6) is 0.380. The van der Waals surface area contributed by atoms with Crippen LogP contribution >= 0.6 is 0 Å². The Labute approximate surface area is 114 Å². The summed E-state index contributed by atoms with van der Waals surface area (Å²) < 4.78 is 16.9. The lowest BCUT2D eigenvalue weighted by Crippen LogP contribution is -2.49. The van der Waals surface area contributed by atoms with Gasteiger partial charge in [0.25, 0.3) is 0 Å². The molecule has 1 saturated heterocycles. The van der Waals surface area contributed by atoms with Crippen molar-refractivity contribution in [3.8, 4) is 0 Å². The third-order valence-electron chi connectivity index (χ3n) is 5.03. The molecule has 0 amide bonds. The molecule has 0 aromatic rings. The van der Waals surface area contributed by atoms with Crippen molar-refractivity contribution < 1.29 is 19.0 Å². The van der Waals surface area contributed by atoms with E-state index in [0.717, 1.165) is 25.7 Å². The Hall–Kier alpha value is -0.770. The minimum Gasteiger partial charge on any atom is -0.427 e. The standard InChI is InChI=1S/C15H24O4/c1-14(2,3)19-11-6-5-9-12-10(17-13(16)18-12)7-8-15(9,11)4/h9-12H,5-8H2,1-4H3/t9-,10-,11-,12+,15-/m0/s1. The highest BCUT2D eigenvalue weighted by molar-refractivity contribution is 5.62. The Morgan fingerprint density at radius 3 is 2.63 bits per heavy atom. The molecule has 1 aliphatic heterocycles. The van der Waals surface area contributed by atoms with E-state index in [0.29, 0.717) is 5.92 Å². The van der Waals surface area contributed by atoms with Crippen LogP contribution in [0.1, 0.15) is 53.4 Å². The fraction of sp³-hybridized carbons (Fsp3) is 0.933. The predicted octanol–water partition coefficient (Wildman–Crippen LogP) is 3.28. The molecule has 2 aliphatic carbocycles. The second-order valence-electron chi connectivity index (χ2n) is 7.44. The van der Waals surface area contributed by atoms with Gasteiger partial charge in [-0.1, -0.05) is 6.92 Å². The van der Waals surface area contributed by atoms with Crippen LogP contribution in [0.4, 0.5) is 4.79 Å². The van der Waals surface area contributed by atoms with Crippen LogP contribution in [0.3, 0.4) is 0 Å². The lowest BCUT2D eigenvalue weighted by atomic mass is 9.66. The maximum Gasteiger partial charge on any atom is 0.509 e. The number of hydrogen-bond donors (Lipinski definition) is 0. The Morgan fingerprint density at radius 1 is 1.21 bits per heavy atom. The molecule has 4 heteroatoms. The van der Waals surface area contributed by atoms with Crippen LogP contribution in [0.2, 0.25) is 0 Å². The van der Waals surface area contributed by atoms with E-state index in [9.17, 15) is 4.79 Å². The predicted molar refractivity (Wildman–Crippen MR) is 69.8 cm³/mol. The summed E-state index contributed by atoms with van der Waals surface area (Å²) in [5, 5.41) is 0. The highest BCUT2D eigenvalue weighted by Gasteiger charge is 2.59. The van der Waals surface area contributed by atoms with Crippen LogP contribution in [-0.4, -0.2) is 30.1 Å². The van der Waals surface area contributed by atoms with Crippen LogP contribution in [0, 0.1) is 11.3 Å². The van der Waals surface area contributed by atoms with Crippen LogP contribution < -0.4 is 0 Å². The molecule has 3 fully saturated rings. The first kappa shape index (κ1) is 13.2. The molecule has 5 atom stereocenters. The fourth-order valence-corrected chi connectivity index (χ4v) is 4.16. The van der Waals surface area contributed by atoms with Gasteiger partial charge in [-0.25, -0.2) is 4.79 Å². The molecule has 0 spiro atoms. The summed E-state index contributed by atoms with van der Waals surface area (Å²) in [6.45, 7) is 8.61. The number of ether oxygens (including phenoxy) is 3. The first-order valence-electron chi connectivity index (χ1n) is 7.35. The zero-order valence-corrected chi connectivity index (χ0v) is 12.3. The van der Waals surface area contributed by atoms with Gasteiger partial charge in [-0.15, -0.1) is 0 Å². The van der Waals surface area contributed by atoms with E-state index in [4.69, 9.17) is 14.2 Å². The van der Waals surface area contributed by atoms with Gasteiger partial charge >= 0.3 is 6.16 Å². The third-order valence-corrected chi connectivity index (χ3v) is 5.03. The molecule has 0 bridgehead atoms. The van der Waals surface area contributed by atoms with E-state index >= 15 is 0 Å². The van der Waals surface area contributed by atoms with Gasteiger partial charge in [-0.3, -0.25) is 0 Å². The lowest BCUT2D eigenvalue weighted by Gasteiger charge is -2.45. The topological polar surface area (TPSA) is 44.8 Å². The van der Waals surface area contributed by atoms with Gasteiger partial charge in [0.1, 0.15) is 12.2 Å². The van der Waals surface area contributed by atoms with Crippen molar-refractivity contribution in [1.29, 1.82) is 0 Å². The quantitative estimate of drug-likeness (QED) is 0.685. The van der Waals surface area contributed by atoms with E-state index in [1.165, 1.54) is 0 Å². The number of carbonyl (C=O) groups excluding carboxylic acids is 1. The first-order chi connectivity index (χ1) is 8.79. The Morgan fingerprint density at radius 2 is 1.95 bits per heavy atom. The highest BCUT2D eigenvalue weighted by atomic mass is 16.8. The summed E-state index contributed by atoms with van der Waals surface area (Å²) in [5.41, 5.74) is -0.00923. The molecule has 2 saturated carbocycles. The van der Waals surface area contributed by atoms with E-state index in [1.807, 2.05) is 0 Å². The van der Waals surface area contributed by atoms with Gasteiger partial charge in [-0.2, -0.15) is 0 Å². The fourth-order valence-electron chi connectivity index (χ4n) is 4.16. The molecule has 0 unspecified atom stereocenters. The number of rotatable bonds is 1. The third kappa shape index (κ3) is 2.14. The zero-order valence-electron chi connectivity index (χ0n) is 12.3. The van der Waals surface area contributed by atoms with Crippen molar-refractivity contribution in [3.63, 3.8) is 0 Å². The van der Waals surface area contributed by atoms with Crippen LogP contribution in [0.15, 0.2) is 0 Å². The van der Waals surface area contributed by atoms with Crippen molar-refractivity contribution in [1.82, 2.24) is 0 Å². The maximum atomic E-state index is 11.3. The van der Waals surface area contributed by atoms with Crippen molar-refractivity contribution in [2.75, 3.05) is 0 Å². The molecule has 0 aromatic heterocycles. The SMILES string of the molecule is CC(C)(C)O[C@H]1CC[C@H]2[C@H]3OC(=O)O[C@H]3CC[C@]12C. The van der Waals surface area contributed by atoms with Gasteiger partial charge in [0.2, 0.25) is 0 Å². The van der Waals surface area contributed by atoms with E-state index in [2.05, 4.69) is 27.7 Å². The number of fused-ring (bicyclic) bond motifs is 3. The monoisotopic (exact) mass is 268 g/mol. The van der Waals surface area contributed by atoms with Crippen molar-refractivity contribution >= 4 is 6.16 Å². The molecular formula is C15H24O4. The largest absolute Gasteiger partial charge is 0.509 e. The summed E-state index contributed by atoms with van der Waals surface area (Å²) in [6, 6.07) is 0. The summed E-state index contributed by atoms with van der Waals surface area (Å²) in [4.78, 5) is 11.3. The summed E-state index contributed by atoms with van der Waals surface area (Å²) in [6.07, 6.45) is 3.76. The second kappa shape index (κ2) is 4.11. The molecule has 0 radical (unpaired) electrons. The van der Waals surface area contributed by atoms with Gasteiger partial charge in [-0.05, 0) is 46.5 Å². The van der Waals surface area contributed by atoms with E-state index < -0.39 is 6.16 Å². The number of carbonyl (C=O) groups is 1. The Kier molecular flexibility index (Phi) is 2.86. The van der Waals surface area contributed by atoms with Crippen molar-refractivity contribution in [3.05, 3.63) is 0 Å². The van der Waals surface area contributed by atoms with Crippen LogP contribution in [-0.2, 0) is 14.2 Å². The van der Waals surface area contributed by atoms with Gasteiger partial charge in [0.05, 0.1) is 11.7 Å². The van der Waals surface area contributed by atoms with E-state index in [-0.39, 0.29) is 29.3 Å². The Balaban J connectivity index is 1.80. The lowest BCUT2D eigenvalue weighted by molar-refractivity contribution is -0.133. The number of hydrogen-bond acceptors (Lipinski definition) is 4. The van der Waals surface area contributed by atoms with Gasteiger partial charge in [0, 0.05) is 11.3 Å². The molecule has 108 valence electrons. The average Bonchev–Trinajstić information content (AvgIpc) is 2.78. The summed E-state index contributed by atoms with van der Waals surface area (Å²) in [7, 11) is 0. The van der Waals surface area contributed by atoms with Crippen molar-refractivity contribution in [2.45, 2.75) is 77.3 Å². The zero-order chi connectivity index (χ0) is 13.8. The molecule has 19 heavy (non-hydrogen) atoms. The molecule has 3 aliphatic rings. The van der Waals surface area contributed by atoms with Gasteiger partial charge in [0.15, 0.2) is 0 Å². The smallest absolute Gasteiger partial charge is 0.427 e. The highest BCUT2D eigenvalue weighted by Crippen LogP contribution is 2.56. The van der Waals surface area contributed by atoms with Crippen molar-refractivity contribution in [2.24, 2.45) is 11.3 Å². The molecule has 4 nitrogen and oxygen atoms in total. The normalized spacial score (nSPS) is 45.4. The second-order valence-corrected chi connectivity index (χ2v) is 7.44. The molecule has 0 aromatic carbocycles. The maximum absolute atomic E-state index is 11.3. The molecule has 3 rings (SSSR count). The Bertz CT molecular complexity index is 386. The molecular weight excluding hydrogens is 244 g/mol. The first-order valence-corrected chi connectivity index (χ1v) is 7.35. The minimum atomic E-state index is -0.487. The van der Waals surface area contributed by atoms with Gasteiger partial charge < -0.3 is 14.2 Å². The molecule has 1 heterocycles. The molecule has 0 N–H and O–H groups in total. The minimum absolute atomic E-state index is 0.0287. The van der Waals surface area contributed by atoms with Crippen LogP contribution in [0.5, 0.6) is 0 Å². The average molecular weight is 268 g/mol. The van der Waals surface area contributed by atoms with E-state index in [1.54, 1.807) is 0 Å².